The van der Waals surface area contributed by atoms with Crippen LogP contribution >= 0.6 is 0 Å². The summed E-state index contributed by atoms with van der Waals surface area (Å²) >= 11 is 0. The average molecular weight is 361 g/mol. The molecule has 26 heavy (non-hydrogen) atoms. The molecule has 5 heteroatoms. The summed E-state index contributed by atoms with van der Waals surface area (Å²) < 4.78 is 4.60. The van der Waals surface area contributed by atoms with Gasteiger partial charge in [-0.2, -0.15) is 0 Å². The van der Waals surface area contributed by atoms with Crippen LogP contribution in [0.3, 0.4) is 0 Å². The molecule has 1 saturated heterocycles. The lowest BCUT2D eigenvalue weighted by atomic mass is 10.00. The fourth-order valence-corrected chi connectivity index (χ4v) is 2.78. The Morgan fingerprint density at radius 3 is 2.92 bits per heavy atom. The van der Waals surface area contributed by atoms with Gasteiger partial charge in [0.2, 0.25) is 5.91 Å². The fourth-order valence-electron chi connectivity index (χ4n) is 2.78. The van der Waals surface area contributed by atoms with Crippen molar-refractivity contribution in [2.45, 2.75) is 64.5 Å². The third kappa shape index (κ3) is 7.88. The van der Waals surface area contributed by atoms with Gasteiger partial charge in [-0.15, -0.1) is 11.8 Å². The maximum absolute atomic E-state index is 12.1. The van der Waals surface area contributed by atoms with Crippen LogP contribution in [-0.4, -0.2) is 47.7 Å². The second-order valence-electron chi connectivity index (χ2n) is 6.58. The predicted octanol–water partition coefficient (Wildman–Crippen LogP) is 2.84. The smallest absolute Gasteiger partial charge is 0.305 e. The highest BCUT2D eigenvalue weighted by Gasteiger charge is 2.28. The first-order chi connectivity index (χ1) is 12.5. The van der Waals surface area contributed by atoms with Crippen LogP contribution < -0.4 is 0 Å². The van der Waals surface area contributed by atoms with Gasteiger partial charge < -0.3 is 14.7 Å². The summed E-state index contributed by atoms with van der Waals surface area (Å²) in [6, 6.07) is 0.0290. The third-order valence-electron chi connectivity index (χ3n) is 4.54. The number of carbonyl (C=O) groups excluding carboxylic acids is 2. The van der Waals surface area contributed by atoms with Crippen molar-refractivity contribution in [3.8, 4) is 11.8 Å². The monoisotopic (exact) mass is 361 g/mol. The topological polar surface area (TPSA) is 66.8 Å². The normalized spacial score (nSPS) is 19.6. The lowest BCUT2D eigenvalue weighted by molar-refractivity contribution is -0.140. The minimum absolute atomic E-state index is 0.0290. The molecule has 1 aliphatic rings. The van der Waals surface area contributed by atoms with E-state index in [0.29, 0.717) is 25.8 Å². The molecular weight excluding hydrogens is 330 g/mol. The van der Waals surface area contributed by atoms with E-state index in [0.717, 1.165) is 19.3 Å². The quantitative estimate of drug-likeness (QED) is 0.281. The van der Waals surface area contributed by atoms with Gasteiger partial charge in [-0.25, -0.2) is 0 Å². The van der Waals surface area contributed by atoms with E-state index in [2.05, 4.69) is 16.6 Å². The van der Waals surface area contributed by atoms with Crippen LogP contribution in [0.4, 0.5) is 0 Å². The molecular formula is C21H31NO4. The van der Waals surface area contributed by atoms with E-state index in [1.54, 1.807) is 13.0 Å². The Balaban J connectivity index is 2.45. The molecule has 0 radical (unpaired) electrons. The lowest BCUT2D eigenvalue weighted by Gasteiger charge is -2.21. The van der Waals surface area contributed by atoms with E-state index >= 15 is 0 Å². The molecule has 3 atom stereocenters. The molecule has 0 unspecified atom stereocenters. The van der Waals surface area contributed by atoms with Gasteiger partial charge in [0, 0.05) is 25.8 Å². The summed E-state index contributed by atoms with van der Waals surface area (Å²) in [7, 11) is 1.39. The van der Waals surface area contributed by atoms with Crippen molar-refractivity contribution in [1.82, 2.24) is 4.90 Å². The number of ether oxygens (including phenoxy) is 1. The van der Waals surface area contributed by atoms with Gasteiger partial charge in [-0.3, -0.25) is 9.59 Å². The summed E-state index contributed by atoms with van der Waals surface area (Å²) in [5.41, 5.74) is 0. The molecule has 1 rings (SSSR count). The van der Waals surface area contributed by atoms with Crippen molar-refractivity contribution in [1.29, 1.82) is 0 Å². The SMILES string of the molecule is CC#CC[C@H](C)[C@@H](O)C=C[C@H]1CCC(=O)N1CC=CCCCC(=O)OC. The molecule has 1 N–H and O–H groups in total. The van der Waals surface area contributed by atoms with Crippen LogP contribution in [0.25, 0.3) is 0 Å². The number of rotatable bonds is 10. The van der Waals surface area contributed by atoms with E-state index in [1.807, 2.05) is 30.1 Å². The first-order valence-electron chi connectivity index (χ1n) is 9.26. The molecule has 0 aliphatic carbocycles. The second kappa shape index (κ2) is 12.3. The largest absolute Gasteiger partial charge is 0.469 e. The number of hydrogen-bond acceptors (Lipinski definition) is 4. The van der Waals surface area contributed by atoms with Crippen LogP contribution in [0.5, 0.6) is 0 Å². The molecule has 1 aliphatic heterocycles. The molecule has 1 fully saturated rings. The zero-order valence-electron chi connectivity index (χ0n) is 16.1. The number of amides is 1. The van der Waals surface area contributed by atoms with E-state index < -0.39 is 6.10 Å². The van der Waals surface area contributed by atoms with Crippen molar-refractivity contribution in [3.05, 3.63) is 24.3 Å². The number of allylic oxidation sites excluding steroid dienone is 1. The molecule has 5 nitrogen and oxygen atoms in total. The maximum atomic E-state index is 12.1. The average Bonchev–Trinajstić information content (AvgIpc) is 2.99. The number of esters is 1. The highest BCUT2D eigenvalue weighted by atomic mass is 16.5. The molecule has 0 aromatic heterocycles. The first kappa shape index (κ1) is 22.0. The van der Waals surface area contributed by atoms with Crippen LogP contribution in [0, 0.1) is 17.8 Å². The summed E-state index contributed by atoms with van der Waals surface area (Å²) in [6.07, 6.45) is 11.1. The molecule has 0 bridgehead atoms. The molecule has 0 spiro atoms. The Morgan fingerprint density at radius 2 is 2.23 bits per heavy atom. The Morgan fingerprint density at radius 1 is 1.46 bits per heavy atom. The molecule has 0 aromatic rings. The second-order valence-corrected chi connectivity index (χ2v) is 6.58. The molecule has 1 amide bonds. The number of carbonyl (C=O) groups is 2. The number of likely N-dealkylation sites (tertiary alicyclic amines) is 1. The van der Waals surface area contributed by atoms with Crippen molar-refractivity contribution >= 4 is 11.9 Å². The van der Waals surface area contributed by atoms with Gasteiger partial charge in [-0.05, 0) is 32.1 Å². The van der Waals surface area contributed by atoms with E-state index in [9.17, 15) is 14.7 Å². The minimum Gasteiger partial charge on any atom is -0.469 e. The number of methoxy groups -OCH3 is 1. The van der Waals surface area contributed by atoms with Crippen LogP contribution in [0.15, 0.2) is 24.3 Å². The fraction of sp³-hybridized carbons (Fsp3) is 0.619. The number of hydrogen-bond donors (Lipinski definition) is 1. The number of unbranched alkanes of at least 4 members (excludes halogenated alkanes) is 1. The Labute approximate surface area is 157 Å². The summed E-state index contributed by atoms with van der Waals surface area (Å²) in [4.78, 5) is 24.9. The van der Waals surface area contributed by atoms with Gasteiger partial charge in [0.15, 0.2) is 0 Å². The highest BCUT2D eigenvalue weighted by molar-refractivity contribution is 5.79. The summed E-state index contributed by atoms with van der Waals surface area (Å²) in [5.74, 6) is 5.83. The molecule has 0 saturated carbocycles. The van der Waals surface area contributed by atoms with Gasteiger partial charge in [0.25, 0.3) is 0 Å². The van der Waals surface area contributed by atoms with E-state index in [1.165, 1.54) is 7.11 Å². The lowest BCUT2D eigenvalue weighted by Crippen LogP contribution is -2.32. The molecule has 144 valence electrons. The summed E-state index contributed by atoms with van der Waals surface area (Å²) in [6.45, 7) is 4.31. The Hall–Kier alpha value is -2.06. The van der Waals surface area contributed by atoms with Crippen LogP contribution in [-0.2, 0) is 14.3 Å². The van der Waals surface area contributed by atoms with Crippen LogP contribution in [0.1, 0.15) is 52.4 Å². The standard InChI is InChI=1S/C21H31NO4/c1-4-5-10-17(2)19(23)14-12-18-13-15-20(24)22(18)16-9-7-6-8-11-21(25)26-3/h7,9,12,14,17-19,23H,6,8,10-11,13,15-16H2,1-3H3/t17-,18-,19-/m0/s1. The number of nitrogens with zero attached hydrogens (tertiary/aromatic N) is 1. The predicted molar refractivity (Wildman–Crippen MR) is 102 cm³/mol. The van der Waals surface area contributed by atoms with E-state index in [4.69, 9.17) is 0 Å². The van der Waals surface area contributed by atoms with Crippen molar-refractivity contribution < 1.29 is 19.4 Å². The van der Waals surface area contributed by atoms with Gasteiger partial charge in [-0.1, -0.05) is 31.2 Å². The van der Waals surface area contributed by atoms with Crippen molar-refractivity contribution in [2.75, 3.05) is 13.7 Å². The first-order valence-corrected chi connectivity index (χ1v) is 9.26. The molecule has 1 heterocycles. The maximum Gasteiger partial charge on any atom is 0.305 e. The third-order valence-corrected chi connectivity index (χ3v) is 4.54. The number of aliphatic hydroxyl groups is 1. The highest BCUT2D eigenvalue weighted by Crippen LogP contribution is 2.20. The van der Waals surface area contributed by atoms with Crippen molar-refractivity contribution in [3.63, 3.8) is 0 Å². The van der Waals surface area contributed by atoms with Crippen LogP contribution in [0.2, 0.25) is 0 Å². The van der Waals surface area contributed by atoms with E-state index in [-0.39, 0.29) is 23.8 Å². The van der Waals surface area contributed by atoms with Crippen molar-refractivity contribution in [2.24, 2.45) is 5.92 Å². The van der Waals surface area contributed by atoms with Gasteiger partial charge in [0.05, 0.1) is 19.3 Å². The zero-order chi connectivity index (χ0) is 19.4. The minimum atomic E-state index is -0.553. The summed E-state index contributed by atoms with van der Waals surface area (Å²) in [5, 5.41) is 10.2. The van der Waals surface area contributed by atoms with Gasteiger partial charge >= 0.3 is 5.97 Å². The Bertz CT molecular complexity index is 570. The zero-order valence-corrected chi connectivity index (χ0v) is 16.1. The van der Waals surface area contributed by atoms with Gasteiger partial charge in [0.1, 0.15) is 0 Å². The Kier molecular flexibility index (Phi) is 10.4. The number of aliphatic hydroxyl groups excluding tert-OH is 1. The molecule has 0 aromatic carbocycles.